The molecule has 1 rings (SSSR count). The molecule has 0 aromatic heterocycles. The standard InChI is InChI=1S/C20H30O6/c1-19(2,10-12-24-5)25-13-11-20(3,4)26-18(23)9-7-15-6-8-16(21)17(22)14-15/h6-9,14,21-22H,10-13H2,1-5H3/b9-7+. The Bertz CT molecular complexity index is 619. The summed E-state index contributed by atoms with van der Waals surface area (Å²) in [4.78, 5) is 12.0. The first-order valence-electron chi connectivity index (χ1n) is 8.61. The molecule has 0 bridgehead atoms. The van der Waals surface area contributed by atoms with Crippen LogP contribution in [0.2, 0.25) is 0 Å². The van der Waals surface area contributed by atoms with Crippen LogP contribution < -0.4 is 0 Å². The molecule has 0 atom stereocenters. The molecule has 26 heavy (non-hydrogen) atoms. The molecular formula is C20H30O6. The number of phenols is 2. The maximum atomic E-state index is 12.0. The highest BCUT2D eigenvalue weighted by Crippen LogP contribution is 2.25. The zero-order valence-electron chi connectivity index (χ0n) is 16.2. The average Bonchev–Trinajstić information content (AvgIpc) is 2.53. The molecule has 0 aliphatic heterocycles. The quantitative estimate of drug-likeness (QED) is 0.373. The molecule has 6 nitrogen and oxygen atoms in total. The number of carbonyl (C=O) groups is 1. The lowest BCUT2D eigenvalue weighted by atomic mass is 10.0. The van der Waals surface area contributed by atoms with E-state index in [1.165, 1.54) is 24.3 Å². The van der Waals surface area contributed by atoms with Crippen molar-refractivity contribution in [2.24, 2.45) is 0 Å². The van der Waals surface area contributed by atoms with Crippen molar-refractivity contribution in [1.29, 1.82) is 0 Å². The fraction of sp³-hybridized carbons (Fsp3) is 0.550. The first kappa shape index (κ1) is 22.0. The predicted octanol–water partition coefficient (Wildman–Crippen LogP) is 3.65. The van der Waals surface area contributed by atoms with Crippen LogP contribution in [0.1, 0.15) is 46.1 Å². The number of benzene rings is 1. The Kier molecular flexibility index (Phi) is 8.11. The summed E-state index contributed by atoms with van der Waals surface area (Å²) in [6, 6.07) is 4.30. The van der Waals surface area contributed by atoms with Crippen molar-refractivity contribution in [3.05, 3.63) is 29.8 Å². The number of aromatic hydroxyl groups is 2. The number of phenolic OH excluding ortho intramolecular Hbond substituents is 2. The van der Waals surface area contributed by atoms with E-state index in [0.717, 1.165) is 6.42 Å². The zero-order valence-corrected chi connectivity index (χ0v) is 16.2. The number of carbonyl (C=O) groups excluding carboxylic acids is 1. The van der Waals surface area contributed by atoms with Crippen LogP contribution >= 0.6 is 0 Å². The SMILES string of the molecule is COCCC(C)(C)OCCC(C)(C)OC(=O)/C=C/c1ccc(O)c(O)c1. The highest BCUT2D eigenvalue weighted by Gasteiger charge is 2.24. The molecule has 1 aromatic rings. The van der Waals surface area contributed by atoms with Gasteiger partial charge in [0, 0.05) is 26.2 Å². The molecule has 2 N–H and O–H groups in total. The van der Waals surface area contributed by atoms with Gasteiger partial charge in [-0.2, -0.15) is 0 Å². The molecule has 6 heteroatoms. The summed E-state index contributed by atoms with van der Waals surface area (Å²) in [5.74, 6) is -0.936. The van der Waals surface area contributed by atoms with Crippen LogP contribution in [-0.4, -0.2) is 47.7 Å². The summed E-state index contributed by atoms with van der Waals surface area (Å²) in [6.07, 6.45) is 4.15. The third-order valence-corrected chi connectivity index (χ3v) is 3.89. The van der Waals surface area contributed by atoms with E-state index >= 15 is 0 Å². The van der Waals surface area contributed by atoms with Crippen LogP contribution in [-0.2, 0) is 19.0 Å². The highest BCUT2D eigenvalue weighted by atomic mass is 16.6. The average molecular weight is 366 g/mol. The third kappa shape index (κ3) is 8.36. The normalized spacial score (nSPS) is 12.5. The Morgan fingerprint density at radius 2 is 1.69 bits per heavy atom. The van der Waals surface area contributed by atoms with Gasteiger partial charge in [-0.05, 0) is 57.9 Å². The van der Waals surface area contributed by atoms with E-state index in [4.69, 9.17) is 14.2 Å². The minimum absolute atomic E-state index is 0.209. The lowest BCUT2D eigenvalue weighted by Crippen LogP contribution is -2.32. The Balaban J connectivity index is 2.48. The minimum atomic E-state index is -0.671. The van der Waals surface area contributed by atoms with Crippen LogP contribution in [0.3, 0.4) is 0 Å². The molecule has 0 heterocycles. The van der Waals surface area contributed by atoms with Gasteiger partial charge >= 0.3 is 5.97 Å². The van der Waals surface area contributed by atoms with Gasteiger partial charge < -0.3 is 24.4 Å². The molecule has 0 saturated carbocycles. The second-order valence-corrected chi connectivity index (χ2v) is 7.36. The summed E-state index contributed by atoms with van der Waals surface area (Å²) in [5, 5.41) is 18.7. The molecule has 1 aromatic carbocycles. The van der Waals surface area contributed by atoms with Gasteiger partial charge in [0.1, 0.15) is 5.60 Å². The van der Waals surface area contributed by atoms with Crippen LogP contribution in [0.15, 0.2) is 24.3 Å². The van der Waals surface area contributed by atoms with E-state index in [-0.39, 0.29) is 17.1 Å². The van der Waals surface area contributed by atoms with Crippen LogP contribution in [0.4, 0.5) is 0 Å². The molecule has 0 spiro atoms. The van der Waals surface area contributed by atoms with Crippen molar-refractivity contribution in [2.75, 3.05) is 20.3 Å². The van der Waals surface area contributed by atoms with E-state index in [0.29, 0.717) is 25.2 Å². The summed E-state index contributed by atoms with van der Waals surface area (Å²) in [7, 11) is 1.66. The molecule has 0 saturated heterocycles. The van der Waals surface area contributed by atoms with E-state index < -0.39 is 11.6 Å². The van der Waals surface area contributed by atoms with E-state index in [1.54, 1.807) is 13.2 Å². The highest BCUT2D eigenvalue weighted by molar-refractivity contribution is 5.87. The molecular weight excluding hydrogens is 336 g/mol. The second kappa shape index (κ2) is 9.59. The van der Waals surface area contributed by atoms with Crippen molar-refractivity contribution in [2.45, 2.75) is 51.7 Å². The monoisotopic (exact) mass is 366 g/mol. The van der Waals surface area contributed by atoms with E-state index in [9.17, 15) is 15.0 Å². The van der Waals surface area contributed by atoms with Gasteiger partial charge in [-0.1, -0.05) is 6.07 Å². The Morgan fingerprint density at radius 1 is 1.04 bits per heavy atom. The van der Waals surface area contributed by atoms with Crippen molar-refractivity contribution in [1.82, 2.24) is 0 Å². The molecule has 0 fully saturated rings. The third-order valence-electron chi connectivity index (χ3n) is 3.89. The predicted molar refractivity (Wildman–Crippen MR) is 100 cm³/mol. The van der Waals surface area contributed by atoms with Gasteiger partial charge in [-0.25, -0.2) is 4.79 Å². The van der Waals surface area contributed by atoms with Gasteiger partial charge in [-0.3, -0.25) is 0 Å². The maximum absolute atomic E-state index is 12.0. The van der Waals surface area contributed by atoms with Gasteiger partial charge in [0.2, 0.25) is 0 Å². The van der Waals surface area contributed by atoms with E-state index in [2.05, 4.69) is 0 Å². The molecule has 0 amide bonds. The van der Waals surface area contributed by atoms with Crippen LogP contribution in [0.5, 0.6) is 11.5 Å². The van der Waals surface area contributed by atoms with E-state index in [1.807, 2.05) is 27.7 Å². The second-order valence-electron chi connectivity index (χ2n) is 7.36. The Morgan fingerprint density at radius 3 is 2.31 bits per heavy atom. The first-order chi connectivity index (χ1) is 12.0. The zero-order chi connectivity index (χ0) is 19.8. The number of methoxy groups -OCH3 is 1. The van der Waals surface area contributed by atoms with Crippen molar-refractivity contribution < 1.29 is 29.2 Å². The molecule has 0 aliphatic rings. The fourth-order valence-corrected chi connectivity index (χ4v) is 2.16. The number of ether oxygens (including phenoxy) is 3. The number of hydrogen-bond acceptors (Lipinski definition) is 6. The Hall–Kier alpha value is -2.05. The maximum Gasteiger partial charge on any atom is 0.331 e. The van der Waals surface area contributed by atoms with Gasteiger partial charge in [0.25, 0.3) is 0 Å². The molecule has 0 unspecified atom stereocenters. The van der Waals surface area contributed by atoms with Crippen molar-refractivity contribution >= 4 is 12.0 Å². The Labute approximate surface area is 155 Å². The minimum Gasteiger partial charge on any atom is -0.504 e. The lowest BCUT2D eigenvalue weighted by Gasteiger charge is -2.29. The van der Waals surface area contributed by atoms with Gasteiger partial charge in [-0.15, -0.1) is 0 Å². The van der Waals surface area contributed by atoms with Crippen LogP contribution in [0, 0.1) is 0 Å². The number of hydrogen-bond donors (Lipinski definition) is 2. The number of rotatable bonds is 10. The van der Waals surface area contributed by atoms with Gasteiger partial charge in [0.15, 0.2) is 11.5 Å². The topological polar surface area (TPSA) is 85.2 Å². The van der Waals surface area contributed by atoms with Crippen molar-refractivity contribution in [3.63, 3.8) is 0 Å². The summed E-state index contributed by atoms with van der Waals surface area (Å²) < 4.78 is 16.4. The summed E-state index contributed by atoms with van der Waals surface area (Å²) in [6.45, 7) is 8.75. The summed E-state index contributed by atoms with van der Waals surface area (Å²) >= 11 is 0. The molecule has 0 aliphatic carbocycles. The smallest absolute Gasteiger partial charge is 0.331 e. The largest absolute Gasteiger partial charge is 0.504 e. The van der Waals surface area contributed by atoms with Crippen molar-refractivity contribution in [3.8, 4) is 11.5 Å². The lowest BCUT2D eigenvalue weighted by molar-refractivity contribution is -0.152. The number of esters is 1. The molecule has 0 radical (unpaired) electrons. The first-order valence-corrected chi connectivity index (χ1v) is 8.61. The summed E-state index contributed by atoms with van der Waals surface area (Å²) in [5.41, 5.74) is -0.384. The van der Waals surface area contributed by atoms with Crippen LogP contribution in [0.25, 0.3) is 6.08 Å². The van der Waals surface area contributed by atoms with Gasteiger partial charge in [0.05, 0.1) is 12.2 Å². The fourth-order valence-electron chi connectivity index (χ4n) is 2.16. The molecule has 146 valence electrons.